The molecule has 0 bridgehead atoms. The van der Waals surface area contributed by atoms with E-state index in [1.54, 1.807) is 0 Å². The largest absolute Gasteiger partial charge is 0.465 e. The molecule has 3 unspecified atom stereocenters. The maximum Gasteiger partial charge on any atom is 0.293 e. The van der Waals surface area contributed by atoms with E-state index in [9.17, 15) is 4.79 Å². The van der Waals surface area contributed by atoms with Gasteiger partial charge in [0.05, 0.1) is 38.1 Å². The van der Waals surface area contributed by atoms with Crippen molar-refractivity contribution in [2.24, 2.45) is 0 Å². The third-order valence-corrected chi connectivity index (χ3v) is 3.01. The fourth-order valence-corrected chi connectivity index (χ4v) is 1.73. The first-order valence-corrected chi connectivity index (χ1v) is 7.55. The van der Waals surface area contributed by atoms with Crippen molar-refractivity contribution in [3.8, 4) is 0 Å². The topological polar surface area (TPSA) is 54.0 Å². The lowest BCUT2D eigenvalue weighted by Crippen LogP contribution is -2.26. The Kier molecular flexibility index (Phi) is 9.46. The Labute approximate surface area is 132 Å². The van der Waals surface area contributed by atoms with Crippen molar-refractivity contribution in [1.29, 1.82) is 0 Å². The number of ether oxygens (including phenoxy) is 4. The number of hydrogen-bond donors (Lipinski definition) is 0. The van der Waals surface area contributed by atoms with Crippen LogP contribution < -0.4 is 0 Å². The van der Waals surface area contributed by atoms with Crippen LogP contribution in [0, 0.1) is 0 Å². The van der Waals surface area contributed by atoms with Crippen LogP contribution in [0.1, 0.15) is 26.3 Å². The molecule has 0 aliphatic rings. The van der Waals surface area contributed by atoms with Crippen LogP contribution in [0.15, 0.2) is 30.3 Å². The van der Waals surface area contributed by atoms with E-state index in [0.717, 1.165) is 5.56 Å². The number of carbonyl (C=O) groups excluding carboxylic acids is 1. The summed E-state index contributed by atoms with van der Waals surface area (Å²) >= 11 is 0. The molecule has 0 heterocycles. The molecule has 22 heavy (non-hydrogen) atoms. The molecule has 5 nitrogen and oxygen atoms in total. The minimum absolute atomic E-state index is 0.0125. The summed E-state index contributed by atoms with van der Waals surface area (Å²) in [4.78, 5) is 10.1. The molecule has 0 aliphatic carbocycles. The van der Waals surface area contributed by atoms with E-state index in [1.807, 2.05) is 51.1 Å². The van der Waals surface area contributed by atoms with Crippen LogP contribution in [0.25, 0.3) is 0 Å². The number of rotatable bonds is 12. The second-order valence-electron chi connectivity index (χ2n) is 5.32. The lowest BCUT2D eigenvalue weighted by molar-refractivity contribution is -0.134. The van der Waals surface area contributed by atoms with Gasteiger partial charge in [0.15, 0.2) is 0 Å². The molecule has 0 saturated heterocycles. The molecule has 1 rings (SSSR count). The molecule has 0 amide bonds. The normalized spacial score (nSPS) is 15.0. The summed E-state index contributed by atoms with van der Waals surface area (Å²) in [6.45, 7) is 8.00. The predicted molar refractivity (Wildman–Crippen MR) is 83.5 cm³/mol. The third kappa shape index (κ3) is 8.77. The van der Waals surface area contributed by atoms with Gasteiger partial charge in [-0.1, -0.05) is 30.3 Å². The van der Waals surface area contributed by atoms with Gasteiger partial charge in [0, 0.05) is 0 Å². The Bertz CT molecular complexity index is 395. The van der Waals surface area contributed by atoms with Gasteiger partial charge in [-0.05, 0) is 26.3 Å². The fourth-order valence-electron chi connectivity index (χ4n) is 1.73. The van der Waals surface area contributed by atoms with E-state index in [0.29, 0.717) is 26.3 Å². The van der Waals surface area contributed by atoms with Gasteiger partial charge in [0.25, 0.3) is 6.47 Å². The highest BCUT2D eigenvalue weighted by molar-refractivity contribution is 5.36. The van der Waals surface area contributed by atoms with Gasteiger partial charge in [-0.3, -0.25) is 4.79 Å². The Balaban J connectivity index is 2.09. The van der Waals surface area contributed by atoms with E-state index in [4.69, 9.17) is 14.2 Å². The Morgan fingerprint density at radius 2 is 1.41 bits per heavy atom. The van der Waals surface area contributed by atoms with E-state index in [-0.39, 0.29) is 24.9 Å². The van der Waals surface area contributed by atoms with Gasteiger partial charge in [-0.15, -0.1) is 0 Å². The summed E-state index contributed by atoms with van der Waals surface area (Å²) in [7, 11) is 0. The molecular weight excluding hydrogens is 284 g/mol. The minimum Gasteiger partial charge on any atom is -0.465 e. The Hall–Kier alpha value is -1.43. The average Bonchev–Trinajstić information content (AvgIpc) is 2.55. The molecule has 0 aromatic heterocycles. The van der Waals surface area contributed by atoms with Crippen molar-refractivity contribution < 1.29 is 23.7 Å². The lowest BCUT2D eigenvalue weighted by Gasteiger charge is -2.19. The molecule has 0 radical (unpaired) electrons. The highest BCUT2D eigenvalue weighted by Gasteiger charge is 2.10. The van der Waals surface area contributed by atoms with Gasteiger partial charge in [-0.25, -0.2) is 0 Å². The quantitative estimate of drug-likeness (QED) is 0.555. The zero-order valence-electron chi connectivity index (χ0n) is 13.6. The van der Waals surface area contributed by atoms with Crippen LogP contribution in [-0.2, 0) is 30.3 Å². The van der Waals surface area contributed by atoms with Gasteiger partial charge in [-0.2, -0.15) is 0 Å². The maximum absolute atomic E-state index is 10.1. The van der Waals surface area contributed by atoms with Crippen LogP contribution in [0.5, 0.6) is 0 Å². The standard InChI is InChI=1S/C17H26O5/c1-14(9-19-13-18)20-10-15(2)21-11-16(3)22-12-17-7-5-4-6-8-17/h4-8,13-16H,9-12H2,1-3H3. The summed E-state index contributed by atoms with van der Waals surface area (Å²) in [5.74, 6) is 0. The average molecular weight is 310 g/mol. The molecule has 0 aliphatic heterocycles. The summed E-state index contributed by atoms with van der Waals surface area (Å²) in [6, 6.07) is 10.0. The second kappa shape index (κ2) is 11.2. The third-order valence-electron chi connectivity index (χ3n) is 3.01. The van der Waals surface area contributed by atoms with Gasteiger partial charge in [0.1, 0.15) is 6.61 Å². The van der Waals surface area contributed by atoms with Crippen molar-refractivity contribution in [1.82, 2.24) is 0 Å². The highest BCUT2D eigenvalue weighted by atomic mass is 16.6. The SMILES string of the molecule is CC(COC=O)OCC(C)OCC(C)OCc1ccccc1. The zero-order valence-corrected chi connectivity index (χ0v) is 13.6. The van der Waals surface area contributed by atoms with Crippen LogP contribution in [0.4, 0.5) is 0 Å². The molecule has 3 atom stereocenters. The van der Waals surface area contributed by atoms with Crippen molar-refractivity contribution in [3.05, 3.63) is 35.9 Å². The maximum atomic E-state index is 10.1. The van der Waals surface area contributed by atoms with Crippen LogP contribution in [0.2, 0.25) is 0 Å². The Morgan fingerprint density at radius 1 is 0.864 bits per heavy atom. The lowest BCUT2D eigenvalue weighted by atomic mass is 10.2. The predicted octanol–water partition coefficient (Wildman–Crippen LogP) is 2.57. The summed E-state index contributed by atoms with van der Waals surface area (Å²) in [5, 5.41) is 0. The van der Waals surface area contributed by atoms with Crippen LogP contribution in [0.3, 0.4) is 0 Å². The summed E-state index contributed by atoms with van der Waals surface area (Å²) in [6.07, 6.45) is -0.164. The van der Waals surface area contributed by atoms with Crippen molar-refractivity contribution in [2.45, 2.75) is 45.7 Å². The van der Waals surface area contributed by atoms with Gasteiger partial charge < -0.3 is 18.9 Å². The van der Waals surface area contributed by atoms with Crippen LogP contribution >= 0.6 is 0 Å². The molecule has 0 N–H and O–H groups in total. The first kappa shape index (κ1) is 18.6. The molecule has 1 aromatic carbocycles. The Morgan fingerprint density at radius 3 is 2.00 bits per heavy atom. The van der Waals surface area contributed by atoms with Crippen LogP contribution in [-0.4, -0.2) is 44.6 Å². The first-order valence-electron chi connectivity index (χ1n) is 7.55. The molecule has 0 fully saturated rings. The van der Waals surface area contributed by atoms with E-state index >= 15 is 0 Å². The van der Waals surface area contributed by atoms with Crippen molar-refractivity contribution in [2.75, 3.05) is 19.8 Å². The van der Waals surface area contributed by atoms with E-state index in [2.05, 4.69) is 4.74 Å². The molecule has 124 valence electrons. The van der Waals surface area contributed by atoms with Gasteiger partial charge >= 0.3 is 0 Å². The number of carbonyl (C=O) groups is 1. The molecular formula is C17H26O5. The molecule has 1 aromatic rings. The first-order chi connectivity index (χ1) is 10.6. The van der Waals surface area contributed by atoms with Crippen molar-refractivity contribution >= 4 is 6.47 Å². The van der Waals surface area contributed by atoms with Crippen molar-refractivity contribution in [3.63, 3.8) is 0 Å². The molecule has 0 saturated carbocycles. The fraction of sp³-hybridized carbons (Fsp3) is 0.588. The zero-order chi connectivity index (χ0) is 16.2. The monoisotopic (exact) mass is 310 g/mol. The smallest absolute Gasteiger partial charge is 0.293 e. The second-order valence-corrected chi connectivity index (χ2v) is 5.32. The molecule has 0 spiro atoms. The molecule has 5 heteroatoms. The summed E-state index contributed by atoms with van der Waals surface area (Å²) in [5.41, 5.74) is 1.15. The minimum atomic E-state index is -0.136. The summed E-state index contributed by atoms with van der Waals surface area (Å²) < 4.78 is 21.6. The van der Waals surface area contributed by atoms with E-state index in [1.165, 1.54) is 0 Å². The van der Waals surface area contributed by atoms with Gasteiger partial charge in [0.2, 0.25) is 0 Å². The van der Waals surface area contributed by atoms with E-state index < -0.39 is 0 Å². The number of hydrogen-bond acceptors (Lipinski definition) is 5. The highest BCUT2D eigenvalue weighted by Crippen LogP contribution is 2.05. The number of benzene rings is 1.